The van der Waals surface area contributed by atoms with Crippen LogP contribution in [0, 0.1) is 52.3 Å². The van der Waals surface area contributed by atoms with Gasteiger partial charge in [-0.3, -0.25) is 9.59 Å². The number of nitrogens with one attached hydrogen (secondary N) is 1. The Balaban J connectivity index is 0.971. The summed E-state index contributed by atoms with van der Waals surface area (Å²) >= 11 is 0. The van der Waals surface area contributed by atoms with Gasteiger partial charge in [-0.05, 0) is 111 Å². The predicted octanol–water partition coefficient (Wildman–Crippen LogP) is 5.08. The van der Waals surface area contributed by atoms with Crippen molar-refractivity contribution in [2.75, 3.05) is 39.8 Å². The van der Waals surface area contributed by atoms with E-state index in [2.05, 4.69) is 45.0 Å². The van der Waals surface area contributed by atoms with Crippen molar-refractivity contribution >= 4 is 11.8 Å². The molecule has 0 aromatic rings. The van der Waals surface area contributed by atoms with E-state index >= 15 is 0 Å². The number of fused-ring (bicyclic) bond motifs is 7. The standard InChI is InChI=1S/C35H57N3O4/c1-22-8-13-35(41-21-22)23(2)32-29(42-35)19-28-26-7-6-24-18-25(9-11-33(24,3)27(26)10-12-34(28,32)4)36-30(39)20-31(40)38-16-14-37(5)15-17-38/h22-29,32H,6-21H2,1-5H3,(H,36,39)/t22-,23-,24+,25?,26+,27-,28-,29-,32-,33-,34-,35+/m0/s1. The minimum absolute atomic E-state index is 0.00128. The number of nitrogens with zero attached hydrogens (tertiary/aromatic N) is 2. The van der Waals surface area contributed by atoms with Gasteiger partial charge < -0.3 is 24.6 Å². The topological polar surface area (TPSA) is 71.1 Å². The highest BCUT2D eigenvalue weighted by molar-refractivity contribution is 5.97. The summed E-state index contributed by atoms with van der Waals surface area (Å²) in [5.74, 6) is 4.39. The fourth-order valence-electron chi connectivity index (χ4n) is 12.0. The lowest BCUT2D eigenvalue weighted by atomic mass is 9.44. The molecular formula is C35H57N3O4. The summed E-state index contributed by atoms with van der Waals surface area (Å²) in [4.78, 5) is 29.7. The van der Waals surface area contributed by atoms with Gasteiger partial charge >= 0.3 is 0 Å². The molecule has 4 aliphatic carbocycles. The average molecular weight is 584 g/mol. The van der Waals surface area contributed by atoms with Crippen LogP contribution in [0.4, 0.5) is 0 Å². The van der Waals surface area contributed by atoms with E-state index in [1.54, 1.807) is 0 Å². The smallest absolute Gasteiger partial charge is 0.232 e. The van der Waals surface area contributed by atoms with Crippen LogP contribution in [0.25, 0.3) is 0 Å². The molecule has 1 N–H and O–H groups in total. The van der Waals surface area contributed by atoms with Gasteiger partial charge in [0.2, 0.25) is 11.8 Å². The van der Waals surface area contributed by atoms with Crippen LogP contribution in [0.5, 0.6) is 0 Å². The van der Waals surface area contributed by atoms with E-state index in [0.717, 1.165) is 69.8 Å². The number of hydrogen-bond donors (Lipinski definition) is 1. The molecule has 3 aliphatic heterocycles. The zero-order chi connectivity index (χ0) is 29.4. The molecule has 0 radical (unpaired) electrons. The van der Waals surface area contributed by atoms with Crippen molar-refractivity contribution in [2.45, 2.75) is 116 Å². The number of ether oxygens (including phenoxy) is 2. The van der Waals surface area contributed by atoms with E-state index in [9.17, 15) is 9.59 Å². The lowest BCUT2D eigenvalue weighted by molar-refractivity contribution is -0.273. The minimum atomic E-state index is -0.325. The molecule has 7 aliphatic rings. The van der Waals surface area contributed by atoms with E-state index < -0.39 is 0 Å². The summed E-state index contributed by atoms with van der Waals surface area (Å²) in [5, 5.41) is 3.30. The Kier molecular flexibility index (Phi) is 7.54. The first kappa shape index (κ1) is 29.5. The quantitative estimate of drug-likeness (QED) is 0.469. The van der Waals surface area contributed by atoms with Crippen molar-refractivity contribution in [3.8, 4) is 0 Å². The fourth-order valence-corrected chi connectivity index (χ4v) is 12.0. The predicted molar refractivity (Wildman–Crippen MR) is 162 cm³/mol. The molecule has 42 heavy (non-hydrogen) atoms. The van der Waals surface area contributed by atoms with Gasteiger partial charge in [0.25, 0.3) is 0 Å². The van der Waals surface area contributed by atoms with E-state index in [1.165, 1.54) is 44.9 Å². The molecule has 236 valence electrons. The van der Waals surface area contributed by atoms with Crippen molar-refractivity contribution in [3.63, 3.8) is 0 Å². The van der Waals surface area contributed by atoms with E-state index in [1.807, 2.05) is 4.90 Å². The molecule has 12 atom stereocenters. The average Bonchev–Trinajstić information content (AvgIpc) is 3.40. The summed E-state index contributed by atoms with van der Waals surface area (Å²) in [6.07, 6.45) is 12.5. The summed E-state index contributed by atoms with van der Waals surface area (Å²) < 4.78 is 13.5. The van der Waals surface area contributed by atoms with Crippen LogP contribution in [0.3, 0.4) is 0 Å². The van der Waals surface area contributed by atoms with Crippen molar-refractivity contribution in [3.05, 3.63) is 0 Å². The van der Waals surface area contributed by atoms with Crippen LogP contribution in [-0.4, -0.2) is 79.4 Å². The van der Waals surface area contributed by atoms with Crippen molar-refractivity contribution < 1.29 is 19.1 Å². The highest BCUT2D eigenvalue weighted by Gasteiger charge is 2.69. The molecule has 0 aromatic heterocycles. The molecule has 2 amide bonds. The van der Waals surface area contributed by atoms with Crippen LogP contribution < -0.4 is 5.32 Å². The van der Waals surface area contributed by atoms with Crippen molar-refractivity contribution in [2.24, 2.45) is 52.3 Å². The first-order chi connectivity index (χ1) is 20.0. The highest BCUT2D eigenvalue weighted by Crippen LogP contribution is 2.71. The molecule has 1 spiro atoms. The first-order valence-electron chi connectivity index (χ1n) is 17.6. The second-order valence-corrected chi connectivity index (χ2v) is 16.6. The van der Waals surface area contributed by atoms with Crippen LogP contribution in [0.2, 0.25) is 0 Å². The number of carbonyl (C=O) groups is 2. The molecule has 3 heterocycles. The SMILES string of the molecule is C[C@H]1CC[C@@]2(OC1)O[C@H]1C[C@H]3[C@@H]4CC[C@@H]5CC(NC(=O)CC(=O)N6CCN(C)CC6)CC[C@]5(C)[C@H]4CC[C@]3(C)[C@H]1[C@@H]2C. The molecule has 7 fully saturated rings. The van der Waals surface area contributed by atoms with Gasteiger partial charge in [-0.25, -0.2) is 0 Å². The lowest BCUT2D eigenvalue weighted by Crippen LogP contribution is -2.56. The third kappa shape index (κ3) is 4.69. The van der Waals surface area contributed by atoms with Crippen LogP contribution >= 0.6 is 0 Å². The Hall–Kier alpha value is -1.18. The zero-order valence-corrected chi connectivity index (χ0v) is 27.0. The molecule has 1 unspecified atom stereocenters. The maximum absolute atomic E-state index is 12.9. The summed E-state index contributed by atoms with van der Waals surface area (Å²) in [6.45, 7) is 14.1. The van der Waals surface area contributed by atoms with Gasteiger partial charge in [0, 0.05) is 44.6 Å². The van der Waals surface area contributed by atoms with Crippen molar-refractivity contribution in [1.29, 1.82) is 0 Å². The number of piperazine rings is 1. The van der Waals surface area contributed by atoms with Gasteiger partial charge in [0.1, 0.15) is 6.42 Å². The summed E-state index contributed by atoms with van der Waals surface area (Å²) in [5.41, 5.74) is 0.737. The lowest BCUT2D eigenvalue weighted by Gasteiger charge is -2.61. The van der Waals surface area contributed by atoms with E-state index in [-0.39, 0.29) is 30.1 Å². The molecule has 7 nitrogen and oxygen atoms in total. The fraction of sp³-hybridized carbons (Fsp3) is 0.943. The molecule has 0 bridgehead atoms. The Morgan fingerprint density at radius 2 is 1.64 bits per heavy atom. The maximum atomic E-state index is 12.9. The number of hydrogen-bond acceptors (Lipinski definition) is 5. The van der Waals surface area contributed by atoms with Gasteiger partial charge in [-0.15, -0.1) is 0 Å². The molecule has 7 rings (SSSR count). The third-order valence-electron chi connectivity index (χ3n) is 14.5. The van der Waals surface area contributed by atoms with Gasteiger partial charge in [-0.2, -0.15) is 0 Å². The second-order valence-electron chi connectivity index (χ2n) is 16.6. The van der Waals surface area contributed by atoms with Crippen LogP contribution in [-0.2, 0) is 19.1 Å². The van der Waals surface area contributed by atoms with Gasteiger partial charge in [0.15, 0.2) is 5.79 Å². The Morgan fingerprint density at radius 3 is 2.38 bits per heavy atom. The summed E-state index contributed by atoms with van der Waals surface area (Å²) in [7, 11) is 2.08. The second kappa shape index (κ2) is 10.7. The Labute approximate surface area is 254 Å². The van der Waals surface area contributed by atoms with E-state index in [0.29, 0.717) is 40.6 Å². The van der Waals surface area contributed by atoms with Crippen LogP contribution in [0.1, 0.15) is 98.3 Å². The molecular weight excluding hydrogens is 526 g/mol. The zero-order valence-electron chi connectivity index (χ0n) is 27.0. The Morgan fingerprint density at radius 1 is 0.881 bits per heavy atom. The van der Waals surface area contributed by atoms with Crippen molar-refractivity contribution in [1.82, 2.24) is 15.1 Å². The number of amides is 2. The molecule has 0 aromatic carbocycles. The van der Waals surface area contributed by atoms with E-state index in [4.69, 9.17) is 9.47 Å². The molecule has 4 saturated carbocycles. The number of carbonyl (C=O) groups excluding carboxylic acids is 2. The first-order valence-corrected chi connectivity index (χ1v) is 17.6. The monoisotopic (exact) mass is 583 g/mol. The number of likely N-dealkylation sites (N-methyl/N-ethyl adjacent to an activating group) is 1. The maximum Gasteiger partial charge on any atom is 0.232 e. The third-order valence-corrected chi connectivity index (χ3v) is 14.5. The van der Waals surface area contributed by atoms with Gasteiger partial charge in [-0.1, -0.05) is 27.7 Å². The normalized spacial score (nSPS) is 50.5. The largest absolute Gasteiger partial charge is 0.353 e. The summed E-state index contributed by atoms with van der Waals surface area (Å²) in [6, 6.07) is 0.218. The molecule has 3 saturated heterocycles. The van der Waals surface area contributed by atoms with Crippen LogP contribution in [0.15, 0.2) is 0 Å². The van der Waals surface area contributed by atoms with Gasteiger partial charge in [0.05, 0.1) is 12.7 Å². The molecule has 7 heteroatoms. The minimum Gasteiger partial charge on any atom is -0.353 e. The number of rotatable bonds is 3. The highest BCUT2D eigenvalue weighted by atomic mass is 16.7. The Bertz CT molecular complexity index is 1050.